The van der Waals surface area contributed by atoms with Gasteiger partial charge in [-0.2, -0.15) is 0 Å². The summed E-state index contributed by atoms with van der Waals surface area (Å²) in [5, 5.41) is 9.88. The van der Waals surface area contributed by atoms with Crippen LogP contribution in [0.4, 0.5) is 0 Å². The standard InChI is InChI=1S/C11H20O3/c12-11(8-14-10-6-13-7-10)9-4-2-1-3-5-9/h9-12H,1-8H2. The number of hydrogen-bond donors (Lipinski definition) is 1. The van der Waals surface area contributed by atoms with Crippen LogP contribution in [0.3, 0.4) is 0 Å². The third kappa shape index (κ3) is 2.69. The molecule has 1 unspecified atom stereocenters. The first kappa shape index (κ1) is 10.4. The molecule has 1 atom stereocenters. The van der Waals surface area contributed by atoms with Gasteiger partial charge in [0, 0.05) is 0 Å². The normalized spacial score (nSPS) is 27.2. The van der Waals surface area contributed by atoms with Gasteiger partial charge in [0.05, 0.1) is 25.9 Å². The molecule has 0 aromatic rings. The molecule has 0 bridgehead atoms. The highest BCUT2D eigenvalue weighted by Gasteiger charge is 2.25. The third-order valence-electron chi connectivity index (χ3n) is 3.30. The van der Waals surface area contributed by atoms with E-state index in [1.165, 1.54) is 32.1 Å². The Morgan fingerprint density at radius 1 is 1.21 bits per heavy atom. The molecule has 82 valence electrons. The van der Waals surface area contributed by atoms with Gasteiger partial charge in [-0.05, 0) is 18.8 Å². The molecule has 0 aromatic heterocycles. The van der Waals surface area contributed by atoms with Crippen molar-refractivity contribution in [1.29, 1.82) is 0 Å². The van der Waals surface area contributed by atoms with Gasteiger partial charge in [-0.3, -0.25) is 0 Å². The molecule has 1 heterocycles. The van der Waals surface area contributed by atoms with Crippen molar-refractivity contribution in [3.8, 4) is 0 Å². The second kappa shape index (κ2) is 5.10. The van der Waals surface area contributed by atoms with E-state index in [1.54, 1.807) is 0 Å². The summed E-state index contributed by atoms with van der Waals surface area (Å²) in [7, 11) is 0. The van der Waals surface area contributed by atoms with E-state index in [-0.39, 0.29) is 12.2 Å². The SMILES string of the molecule is OC(COC1COC1)C1CCCCC1. The Hall–Kier alpha value is -0.120. The van der Waals surface area contributed by atoms with Crippen LogP contribution in [0.15, 0.2) is 0 Å². The number of aliphatic hydroxyl groups is 1. The van der Waals surface area contributed by atoms with E-state index >= 15 is 0 Å². The van der Waals surface area contributed by atoms with E-state index in [0.717, 1.165) is 0 Å². The minimum absolute atomic E-state index is 0.244. The predicted octanol–water partition coefficient (Wildman–Crippen LogP) is 1.34. The highest BCUT2D eigenvalue weighted by Crippen LogP contribution is 2.26. The van der Waals surface area contributed by atoms with Crippen molar-refractivity contribution in [3.63, 3.8) is 0 Å². The van der Waals surface area contributed by atoms with Crippen molar-refractivity contribution in [1.82, 2.24) is 0 Å². The van der Waals surface area contributed by atoms with Gasteiger partial charge in [0.25, 0.3) is 0 Å². The van der Waals surface area contributed by atoms with Crippen molar-refractivity contribution in [2.45, 2.75) is 44.3 Å². The topological polar surface area (TPSA) is 38.7 Å². The molecule has 1 aliphatic carbocycles. The Balaban J connectivity index is 1.62. The number of ether oxygens (including phenoxy) is 2. The van der Waals surface area contributed by atoms with Gasteiger partial charge >= 0.3 is 0 Å². The number of hydrogen-bond acceptors (Lipinski definition) is 3. The predicted molar refractivity (Wildman–Crippen MR) is 53.1 cm³/mol. The van der Waals surface area contributed by atoms with Crippen LogP contribution in [0.25, 0.3) is 0 Å². The lowest BCUT2D eigenvalue weighted by Crippen LogP contribution is -2.39. The van der Waals surface area contributed by atoms with Gasteiger partial charge in [-0.25, -0.2) is 0 Å². The zero-order chi connectivity index (χ0) is 9.80. The average Bonchev–Trinajstić information content (AvgIpc) is 2.16. The fourth-order valence-electron chi connectivity index (χ4n) is 2.20. The van der Waals surface area contributed by atoms with Crippen molar-refractivity contribution in [3.05, 3.63) is 0 Å². The summed E-state index contributed by atoms with van der Waals surface area (Å²) in [6, 6.07) is 0. The fraction of sp³-hybridized carbons (Fsp3) is 1.00. The first-order valence-corrected chi connectivity index (χ1v) is 5.73. The molecule has 0 amide bonds. The van der Waals surface area contributed by atoms with Crippen LogP contribution < -0.4 is 0 Å². The highest BCUT2D eigenvalue weighted by atomic mass is 16.6. The molecule has 2 fully saturated rings. The van der Waals surface area contributed by atoms with E-state index in [9.17, 15) is 5.11 Å². The van der Waals surface area contributed by atoms with Gasteiger partial charge in [0.15, 0.2) is 0 Å². The molecule has 1 saturated heterocycles. The Labute approximate surface area is 85.4 Å². The maximum absolute atomic E-state index is 9.88. The molecule has 1 saturated carbocycles. The Morgan fingerprint density at radius 2 is 1.93 bits per heavy atom. The van der Waals surface area contributed by atoms with Crippen LogP contribution in [0.5, 0.6) is 0 Å². The van der Waals surface area contributed by atoms with Gasteiger partial charge < -0.3 is 14.6 Å². The minimum atomic E-state index is -0.254. The summed E-state index contributed by atoms with van der Waals surface area (Å²) in [6.07, 6.45) is 6.21. The van der Waals surface area contributed by atoms with E-state index in [2.05, 4.69) is 0 Å². The summed E-state index contributed by atoms with van der Waals surface area (Å²) in [5.41, 5.74) is 0. The molecular formula is C11H20O3. The Morgan fingerprint density at radius 3 is 2.50 bits per heavy atom. The largest absolute Gasteiger partial charge is 0.390 e. The van der Waals surface area contributed by atoms with Crippen LogP contribution in [0.2, 0.25) is 0 Å². The third-order valence-corrected chi connectivity index (χ3v) is 3.30. The zero-order valence-electron chi connectivity index (χ0n) is 8.65. The minimum Gasteiger partial charge on any atom is -0.390 e. The van der Waals surface area contributed by atoms with Crippen LogP contribution in [-0.4, -0.2) is 37.1 Å². The van der Waals surface area contributed by atoms with Gasteiger partial charge in [-0.1, -0.05) is 19.3 Å². The van der Waals surface area contributed by atoms with Gasteiger partial charge in [-0.15, -0.1) is 0 Å². The Bertz CT molecular complexity index is 162. The monoisotopic (exact) mass is 200 g/mol. The van der Waals surface area contributed by atoms with E-state index < -0.39 is 0 Å². The summed E-state index contributed by atoms with van der Waals surface area (Å²) >= 11 is 0. The first-order chi connectivity index (χ1) is 6.86. The Kier molecular flexibility index (Phi) is 3.79. The van der Waals surface area contributed by atoms with E-state index in [4.69, 9.17) is 9.47 Å². The lowest BCUT2D eigenvalue weighted by Gasteiger charge is -2.30. The summed E-state index contributed by atoms with van der Waals surface area (Å²) < 4.78 is 10.5. The zero-order valence-corrected chi connectivity index (χ0v) is 8.65. The summed E-state index contributed by atoms with van der Waals surface area (Å²) in [5.74, 6) is 0.477. The van der Waals surface area contributed by atoms with Crippen LogP contribution in [0.1, 0.15) is 32.1 Å². The molecule has 1 aliphatic heterocycles. The second-order valence-electron chi connectivity index (χ2n) is 4.46. The molecule has 3 heteroatoms. The lowest BCUT2D eigenvalue weighted by atomic mass is 9.85. The van der Waals surface area contributed by atoms with Crippen molar-refractivity contribution in [2.75, 3.05) is 19.8 Å². The molecule has 0 aromatic carbocycles. The molecule has 3 nitrogen and oxygen atoms in total. The molecule has 0 radical (unpaired) electrons. The lowest BCUT2D eigenvalue weighted by molar-refractivity contribution is -0.148. The first-order valence-electron chi connectivity index (χ1n) is 5.73. The summed E-state index contributed by atoms with van der Waals surface area (Å²) in [6.45, 7) is 1.91. The van der Waals surface area contributed by atoms with Crippen molar-refractivity contribution < 1.29 is 14.6 Å². The molecule has 1 N–H and O–H groups in total. The molecule has 2 rings (SSSR count). The second-order valence-corrected chi connectivity index (χ2v) is 4.46. The van der Waals surface area contributed by atoms with E-state index in [1.807, 2.05) is 0 Å². The maximum atomic E-state index is 9.88. The highest BCUT2D eigenvalue weighted by molar-refractivity contribution is 4.74. The fourth-order valence-corrected chi connectivity index (χ4v) is 2.20. The number of rotatable bonds is 4. The quantitative estimate of drug-likeness (QED) is 0.744. The molecule has 0 spiro atoms. The van der Waals surface area contributed by atoms with Crippen molar-refractivity contribution >= 4 is 0 Å². The molecular weight excluding hydrogens is 180 g/mol. The summed E-state index contributed by atoms with van der Waals surface area (Å²) in [4.78, 5) is 0. The van der Waals surface area contributed by atoms with Crippen LogP contribution in [-0.2, 0) is 9.47 Å². The average molecular weight is 200 g/mol. The van der Waals surface area contributed by atoms with E-state index in [0.29, 0.717) is 25.7 Å². The maximum Gasteiger partial charge on any atom is 0.104 e. The molecule has 14 heavy (non-hydrogen) atoms. The van der Waals surface area contributed by atoms with Gasteiger partial charge in [0.2, 0.25) is 0 Å². The van der Waals surface area contributed by atoms with Crippen LogP contribution >= 0.6 is 0 Å². The molecule has 2 aliphatic rings. The van der Waals surface area contributed by atoms with Crippen LogP contribution in [0, 0.1) is 5.92 Å². The van der Waals surface area contributed by atoms with Crippen molar-refractivity contribution in [2.24, 2.45) is 5.92 Å². The number of aliphatic hydroxyl groups excluding tert-OH is 1. The smallest absolute Gasteiger partial charge is 0.104 e. The van der Waals surface area contributed by atoms with Gasteiger partial charge in [0.1, 0.15) is 6.10 Å².